The van der Waals surface area contributed by atoms with E-state index in [2.05, 4.69) is 21.2 Å². The maximum atomic E-state index is 13.3. The van der Waals surface area contributed by atoms with Gasteiger partial charge in [0.15, 0.2) is 0 Å². The van der Waals surface area contributed by atoms with Crippen LogP contribution in [0.4, 0.5) is 4.39 Å². The van der Waals surface area contributed by atoms with Crippen LogP contribution in [0.15, 0.2) is 34.8 Å². The molecular weight excluding hydrogens is 233 g/mol. The molecule has 0 radical (unpaired) electrons. The van der Waals surface area contributed by atoms with Gasteiger partial charge in [-0.1, -0.05) is 28.1 Å². The normalized spacial score (nSPS) is 20.9. The van der Waals surface area contributed by atoms with Crippen LogP contribution in [-0.4, -0.2) is 6.54 Å². The van der Waals surface area contributed by atoms with E-state index in [0.29, 0.717) is 5.56 Å². The van der Waals surface area contributed by atoms with Gasteiger partial charge in [-0.05, 0) is 18.2 Å². The van der Waals surface area contributed by atoms with Crippen LogP contribution in [0.25, 0.3) is 0 Å². The fraction of sp³-hybridized carbons (Fsp3) is 0.200. The second kappa shape index (κ2) is 3.60. The van der Waals surface area contributed by atoms with E-state index in [-0.39, 0.29) is 11.9 Å². The summed E-state index contributed by atoms with van der Waals surface area (Å²) in [5.74, 6) is -0.160. The maximum Gasteiger partial charge on any atom is 0.128 e. The molecular formula is C10H9BrFN. The molecule has 0 aliphatic carbocycles. The van der Waals surface area contributed by atoms with Crippen molar-refractivity contribution in [2.45, 2.75) is 6.04 Å². The average Bonchev–Trinajstić information content (AvgIpc) is 2.61. The first kappa shape index (κ1) is 8.91. The Morgan fingerprint density at radius 1 is 1.46 bits per heavy atom. The standard InChI is InChI=1S/C10H9BrFN/c11-7-3-4-9(12)8(6-7)10-2-1-5-13-10/h1-4,6,10,13H,5H2. The number of hydrogen-bond acceptors (Lipinski definition) is 1. The largest absolute Gasteiger partial charge is 0.303 e. The Balaban J connectivity index is 2.37. The summed E-state index contributed by atoms with van der Waals surface area (Å²) in [7, 11) is 0. The van der Waals surface area contributed by atoms with Gasteiger partial charge in [-0.25, -0.2) is 4.39 Å². The predicted molar refractivity (Wildman–Crippen MR) is 54.0 cm³/mol. The summed E-state index contributed by atoms with van der Waals surface area (Å²) in [6, 6.07) is 5.02. The number of benzene rings is 1. The van der Waals surface area contributed by atoms with Crippen LogP contribution in [-0.2, 0) is 0 Å². The van der Waals surface area contributed by atoms with Crippen molar-refractivity contribution in [2.24, 2.45) is 0 Å². The molecule has 1 heterocycles. The molecule has 0 bridgehead atoms. The molecule has 1 aromatic carbocycles. The summed E-state index contributed by atoms with van der Waals surface area (Å²) < 4.78 is 14.2. The van der Waals surface area contributed by atoms with Gasteiger partial charge in [-0.15, -0.1) is 0 Å². The highest BCUT2D eigenvalue weighted by atomic mass is 79.9. The summed E-state index contributed by atoms with van der Waals surface area (Å²) in [4.78, 5) is 0. The van der Waals surface area contributed by atoms with E-state index in [1.807, 2.05) is 18.2 Å². The first-order valence-corrected chi connectivity index (χ1v) is 4.91. The number of nitrogens with one attached hydrogen (secondary N) is 1. The lowest BCUT2D eigenvalue weighted by molar-refractivity contribution is 0.583. The third kappa shape index (κ3) is 1.81. The van der Waals surface area contributed by atoms with Crippen LogP contribution < -0.4 is 5.32 Å². The molecule has 0 aromatic heterocycles. The Hall–Kier alpha value is -0.670. The zero-order valence-corrected chi connectivity index (χ0v) is 8.51. The SMILES string of the molecule is Fc1ccc(Br)cc1C1C=CCN1. The monoisotopic (exact) mass is 241 g/mol. The Bertz CT molecular complexity index is 349. The lowest BCUT2D eigenvalue weighted by atomic mass is 10.1. The van der Waals surface area contributed by atoms with Gasteiger partial charge in [-0.2, -0.15) is 0 Å². The molecule has 0 saturated carbocycles. The van der Waals surface area contributed by atoms with E-state index < -0.39 is 0 Å². The lowest BCUT2D eigenvalue weighted by Gasteiger charge is -2.10. The van der Waals surface area contributed by atoms with Crippen molar-refractivity contribution in [2.75, 3.05) is 6.54 Å². The highest BCUT2D eigenvalue weighted by Crippen LogP contribution is 2.24. The highest BCUT2D eigenvalue weighted by molar-refractivity contribution is 9.10. The van der Waals surface area contributed by atoms with E-state index in [1.54, 1.807) is 6.07 Å². The van der Waals surface area contributed by atoms with Crippen LogP contribution in [0.5, 0.6) is 0 Å². The first-order chi connectivity index (χ1) is 6.27. The maximum absolute atomic E-state index is 13.3. The zero-order valence-electron chi connectivity index (χ0n) is 6.93. The van der Waals surface area contributed by atoms with Crippen molar-refractivity contribution in [1.29, 1.82) is 0 Å². The van der Waals surface area contributed by atoms with Crippen LogP contribution in [0.2, 0.25) is 0 Å². The van der Waals surface area contributed by atoms with Gasteiger partial charge >= 0.3 is 0 Å². The summed E-state index contributed by atoms with van der Waals surface area (Å²) in [5.41, 5.74) is 0.697. The van der Waals surface area contributed by atoms with E-state index in [4.69, 9.17) is 0 Å². The van der Waals surface area contributed by atoms with Crippen molar-refractivity contribution in [3.05, 3.63) is 46.2 Å². The van der Waals surface area contributed by atoms with Crippen molar-refractivity contribution >= 4 is 15.9 Å². The predicted octanol–water partition coefficient (Wildman–Crippen LogP) is 2.79. The Morgan fingerprint density at radius 3 is 3.00 bits per heavy atom. The summed E-state index contributed by atoms with van der Waals surface area (Å²) in [6.07, 6.45) is 3.98. The zero-order chi connectivity index (χ0) is 9.26. The Labute approximate surface area is 84.8 Å². The Kier molecular flexibility index (Phi) is 2.47. The van der Waals surface area contributed by atoms with Crippen molar-refractivity contribution in [3.8, 4) is 0 Å². The number of hydrogen-bond donors (Lipinski definition) is 1. The number of rotatable bonds is 1. The van der Waals surface area contributed by atoms with E-state index in [0.717, 1.165) is 11.0 Å². The quantitative estimate of drug-likeness (QED) is 0.746. The smallest absolute Gasteiger partial charge is 0.128 e. The fourth-order valence-electron chi connectivity index (χ4n) is 1.43. The molecule has 1 aliphatic rings. The van der Waals surface area contributed by atoms with Crippen LogP contribution >= 0.6 is 15.9 Å². The molecule has 1 aromatic rings. The van der Waals surface area contributed by atoms with E-state index >= 15 is 0 Å². The second-order valence-electron chi connectivity index (χ2n) is 2.98. The Morgan fingerprint density at radius 2 is 2.31 bits per heavy atom. The average molecular weight is 242 g/mol. The van der Waals surface area contributed by atoms with Gasteiger partial charge in [0.2, 0.25) is 0 Å². The summed E-state index contributed by atoms with van der Waals surface area (Å²) in [6.45, 7) is 0.816. The molecule has 1 aliphatic heterocycles. The first-order valence-electron chi connectivity index (χ1n) is 4.12. The van der Waals surface area contributed by atoms with Crippen LogP contribution in [0, 0.1) is 5.82 Å². The van der Waals surface area contributed by atoms with Crippen molar-refractivity contribution in [3.63, 3.8) is 0 Å². The molecule has 0 saturated heterocycles. The molecule has 68 valence electrons. The molecule has 1 unspecified atom stereocenters. The molecule has 1 atom stereocenters. The van der Waals surface area contributed by atoms with Gasteiger partial charge < -0.3 is 5.32 Å². The molecule has 1 N–H and O–H groups in total. The molecule has 0 amide bonds. The van der Waals surface area contributed by atoms with Crippen molar-refractivity contribution in [1.82, 2.24) is 5.32 Å². The minimum absolute atomic E-state index is 0.0255. The second-order valence-corrected chi connectivity index (χ2v) is 3.90. The van der Waals surface area contributed by atoms with Gasteiger partial charge in [0.1, 0.15) is 5.82 Å². The van der Waals surface area contributed by atoms with Crippen LogP contribution in [0.3, 0.4) is 0 Å². The van der Waals surface area contributed by atoms with Gasteiger partial charge in [0.25, 0.3) is 0 Å². The van der Waals surface area contributed by atoms with Gasteiger partial charge in [0.05, 0.1) is 6.04 Å². The third-order valence-electron chi connectivity index (χ3n) is 2.08. The lowest BCUT2D eigenvalue weighted by Crippen LogP contribution is -2.15. The van der Waals surface area contributed by atoms with Crippen LogP contribution in [0.1, 0.15) is 11.6 Å². The number of halogens is 2. The van der Waals surface area contributed by atoms with E-state index in [1.165, 1.54) is 6.07 Å². The third-order valence-corrected chi connectivity index (χ3v) is 2.57. The molecule has 0 fully saturated rings. The summed E-state index contributed by atoms with van der Waals surface area (Å²) in [5, 5.41) is 3.17. The summed E-state index contributed by atoms with van der Waals surface area (Å²) >= 11 is 3.32. The minimum Gasteiger partial charge on any atom is -0.303 e. The molecule has 2 rings (SSSR count). The van der Waals surface area contributed by atoms with Gasteiger partial charge in [0, 0.05) is 16.6 Å². The fourth-order valence-corrected chi connectivity index (χ4v) is 1.81. The molecule has 0 spiro atoms. The van der Waals surface area contributed by atoms with Crippen molar-refractivity contribution < 1.29 is 4.39 Å². The highest BCUT2D eigenvalue weighted by Gasteiger charge is 2.14. The molecule has 1 nitrogen and oxygen atoms in total. The molecule has 3 heteroatoms. The topological polar surface area (TPSA) is 12.0 Å². The van der Waals surface area contributed by atoms with E-state index in [9.17, 15) is 4.39 Å². The molecule has 13 heavy (non-hydrogen) atoms. The minimum atomic E-state index is -0.160. The van der Waals surface area contributed by atoms with Gasteiger partial charge in [-0.3, -0.25) is 0 Å².